The molecule has 0 unspecified atom stereocenters. The lowest BCUT2D eigenvalue weighted by Gasteiger charge is -2.11. The van der Waals surface area contributed by atoms with Gasteiger partial charge in [0.15, 0.2) is 0 Å². The van der Waals surface area contributed by atoms with Crippen LogP contribution in [0.15, 0.2) is 30.3 Å². The standard InChI is InChI=1S/C15H22O4/c1-13(9-10-16)19-15(17)8-5-11-18-12-14-6-3-2-4-7-14/h2-4,6-7,13,16H,5,8-12H2,1H3/t13-/m1/s1. The summed E-state index contributed by atoms with van der Waals surface area (Å²) in [4.78, 5) is 11.4. The van der Waals surface area contributed by atoms with Crippen molar-refractivity contribution in [1.29, 1.82) is 0 Å². The fourth-order valence-electron chi connectivity index (χ4n) is 1.61. The molecule has 4 heteroatoms. The molecular formula is C15H22O4. The highest BCUT2D eigenvalue weighted by atomic mass is 16.5. The average Bonchev–Trinajstić information content (AvgIpc) is 2.39. The molecule has 1 rings (SSSR count). The van der Waals surface area contributed by atoms with E-state index in [0.29, 0.717) is 32.5 Å². The Morgan fingerprint density at radius 1 is 1.32 bits per heavy atom. The number of hydrogen-bond donors (Lipinski definition) is 1. The summed E-state index contributed by atoms with van der Waals surface area (Å²) in [5.41, 5.74) is 1.13. The predicted octanol–water partition coefficient (Wildman–Crippen LogP) is 2.30. The molecule has 0 aliphatic carbocycles. The summed E-state index contributed by atoms with van der Waals surface area (Å²) in [5, 5.41) is 8.69. The summed E-state index contributed by atoms with van der Waals surface area (Å²) in [5.74, 6) is -0.232. The van der Waals surface area contributed by atoms with E-state index in [1.54, 1.807) is 6.92 Å². The van der Waals surface area contributed by atoms with Gasteiger partial charge in [-0.2, -0.15) is 0 Å². The molecule has 1 atom stereocenters. The van der Waals surface area contributed by atoms with Crippen molar-refractivity contribution < 1.29 is 19.4 Å². The molecule has 0 bridgehead atoms. The number of esters is 1. The van der Waals surface area contributed by atoms with E-state index in [1.165, 1.54) is 0 Å². The van der Waals surface area contributed by atoms with Crippen molar-refractivity contribution in [3.63, 3.8) is 0 Å². The number of ether oxygens (including phenoxy) is 2. The molecule has 19 heavy (non-hydrogen) atoms. The number of benzene rings is 1. The first kappa shape index (κ1) is 15.7. The maximum Gasteiger partial charge on any atom is 0.306 e. The third-order valence-corrected chi connectivity index (χ3v) is 2.65. The summed E-state index contributed by atoms with van der Waals surface area (Å²) >= 11 is 0. The summed E-state index contributed by atoms with van der Waals surface area (Å²) < 4.78 is 10.6. The van der Waals surface area contributed by atoms with Crippen LogP contribution in [-0.2, 0) is 20.9 Å². The van der Waals surface area contributed by atoms with Gasteiger partial charge >= 0.3 is 5.97 Å². The van der Waals surface area contributed by atoms with Gasteiger partial charge in [-0.25, -0.2) is 0 Å². The van der Waals surface area contributed by atoms with E-state index < -0.39 is 0 Å². The SMILES string of the molecule is C[C@H](CCO)OC(=O)CCCOCc1ccccc1. The Hall–Kier alpha value is -1.39. The van der Waals surface area contributed by atoms with E-state index in [9.17, 15) is 4.79 Å². The van der Waals surface area contributed by atoms with Crippen LogP contribution in [0.4, 0.5) is 0 Å². The second-order valence-corrected chi connectivity index (χ2v) is 4.45. The third kappa shape index (κ3) is 7.59. The van der Waals surface area contributed by atoms with E-state index in [0.717, 1.165) is 5.56 Å². The van der Waals surface area contributed by atoms with Crippen LogP contribution in [0.1, 0.15) is 31.7 Å². The molecule has 0 aromatic heterocycles. The van der Waals surface area contributed by atoms with Gasteiger partial charge in [-0.3, -0.25) is 4.79 Å². The lowest BCUT2D eigenvalue weighted by Crippen LogP contribution is -2.16. The lowest BCUT2D eigenvalue weighted by molar-refractivity contribution is -0.149. The van der Waals surface area contributed by atoms with Gasteiger partial charge < -0.3 is 14.6 Å². The first-order chi connectivity index (χ1) is 9.22. The second kappa shape index (κ2) is 9.53. The first-order valence-corrected chi connectivity index (χ1v) is 6.64. The van der Waals surface area contributed by atoms with Crippen molar-refractivity contribution in [2.75, 3.05) is 13.2 Å². The van der Waals surface area contributed by atoms with E-state index in [-0.39, 0.29) is 18.7 Å². The molecule has 1 N–H and O–H groups in total. The lowest BCUT2D eigenvalue weighted by atomic mass is 10.2. The predicted molar refractivity (Wildman–Crippen MR) is 72.6 cm³/mol. The smallest absolute Gasteiger partial charge is 0.306 e. The molecule has 1 aromatic carbocycles. The molecule has 0 spiro atoms. The minimum absolute atomic E-state index is 0.0363. The Bertz CT molecular complexity index is 350. The largest absolute Gasteiger partial charge is 0.463 e. The molecule has 1 aromatic rings. The van der Waals surface area contributed by atoms with Gasteiger partial charge in [0.2, 0.25) is 0 Å². The Labute approximate surface area is 114 Å². The monoisotopic (exact) mass is 266 g/mol. The van der Waals surface area contributed by atoms with E-state index >= 15 is 0 Å². The molecule has 0 saturated carbocycles. The van der Waals surface area contributed by atoms with Crippen LogP contribution in [0.2, 0.25) is 0 Å². The molecule has 0 fully saturated rings. The quantitative estimate of drug-likeness (QED) is 0.550. The van der Waals surface area contributed by atoms with Crippen molar-refractivity contribution in [3.05, 3.63) is 35.9 Å². The average molecular weight is 266 g/mol. The number of hydrogen-bond acceptors (Lipinski definition) is 4. The molecule has 0 radical (unpaired) electrons. The minimum atomic E-state index is -0.232. The third-order valence-electron chi connectivity index (χ3n) is 2.65. The van der Waals surface area contributed by atoms with Crippen LogP contribution >= 0.6 is 0 Å². The molecule has 106 valence electrons. The maximum absolute atomic E-state index is 11.4. The zero-order chi connectivity index (χ0) is 13.9. The number of aliphatic hydroxyl groups is 1. The molecule has 0 amide bonds. The van der Waals surface area contributed by atoms with Gasteiger partial charge in [-0.15, -0.1) is 0 Å². The topological polar surface area (TPSA) is 55.8 Å². The number of aliphatic hydroxyl groups excluding tert-OH is 1. The molecule has 0 heterocycles. The van der Waals surface area contributed by atoms with E-state index in [1.807, 2.05) is 30.3 Å². The van der Waals surface area contributed by atoms with Crippen molar-refractivity contribution in [3.8, 4) is 0 Å². The van der Waals surface area contributed by atoms with Gasteiger partial charge in [0.05, 0.1) is 6.61 Å². The minimum Gasteiger partial charge on any atom is -0.463 e. The highest BCUT2D eigenvalue weighted by molar-refractivity contribution is 5.69. The maximum atomic E-state index is 11.4. The summed E-state index contributed by atoms with van der Waals surface area (Å²) in [6.07, 6.45) is 1.26. The van der Waals surface area contributed by atoms with Gasteiger partial charge in [-0.05, 0) is 18.9 Å². The summed E-state index contributed by atoms with van der Waals surface area (Å²) in [6, 6.07) is 9.92. The summed E-state index contributed by atoms with van der Waals surface area (Å²) in [7, 11) is 0. The van der Waals surface area contributed by atoms with Crippen molar-refractivity contribution in [2.24, 2.45) is 0 Å². The van der Waals surface area contributed by atoms with Gasteiger partial charge in [0.1, 0.15) is 6.10 Å². The Kier molecular flexibility index (Phi) is 7.86. The molecular weight excluding hydrogens is 244 g/mol. The van der Waals surface area contributed by atoms with Crippen LogP contribution < -0.4 is 0 Å². The van der Waals surface area contributed by atoms with Crippen molar-refractivity contribution in [2.45, 2.75) is 38.9 Å². The van der Waals surface area contributed by atoms with Crippen LogP contribution in [0, 0.1) is 0 Å². The van der Waals surface area contributed by atoms with E-state index in [2.05, 4.69) is 0 Å². The highest BCUT2D eigenvalue weighted by Gasteiger charge is 2.08. The second-order valence-electron chi connectivity index (χ2n) is 4.45. The zero-order valence-corrected chi connectivity index (χ0v) is 11.4. The first-order valence-electron chi connectivity index (χ1n) is 6.64. The Morgan fingerprint density at radius 2 is 2.05 bits per heavy atom. The fourth-order valence-corrected chi connectivity index (χ4v) is 1.61. The van der Waals surface area contributed by atoms with Crippen molar-refractivity contribution in [1.82, 2.24) is 0 Å². The zero-order valence-electron chi connectivity index (χ0n) is 11.4. The van der Waals surface area contributed by atoms with Crippen LogP contribution in [-0.4, -0.2) is 30.4 Å². The van der Waals surface area contributed by atoms with Gasteiger partial charge in [0.25, 0.3) is 0 Å². The number of carbonyl (C=O) groups excluding carboxylic acids is 1. The Morgan fingerprint density at radius 3 is 2.74 bits per heavy atom. The fraction of sp³-hybridized carbons (Fsp3) is 0.533. The summed E-state index contributed by atoms with van der Waals surface area (Å²) in [6.45, 7) is 2.92. The van der Waals surface area contributed by atoms with Crippen LogP contribution in [0.25, 0.3) is 0 Å². The van der Waals surface area contributed by atoms with Gasteiger partial charge in [-0.1, -0.05) is 30.3 Å². The molecule has 0 aliphatic rings. The number of carbonyl (C=O) groups is 1. The van der Waals surface area contributed by atoms with E-state index in [4.69, 9.17) is 14.6 Å². The van der Waals surface area contributed by atoms with Crippen LogP contribution in [0.5, 0.6) is 0 Å². The highest BCUT2D eigenvalue weighted by Crippen LogP contribution is 2.04. The molecule has 4 nitrogen and oxygen atoms in total. The van der Waals surface area contributed by atoms with Gasteiger partial charge in [0, 0.05) is 26.1 Å². The van der Waals surface area contributed by atoms with Crippen LogP contribution in [0.3, 0.4) is 0 Å². The van der Waals surface area contributed by atoms with Crippen molar-refractivity contribution >= 4 is 5.97 Å². The molecule has 0 saturated heterocycles. The molecule has 0 aliphatic heterocycles. The normalized spacial score (nSPS) is 12.1. The number of rotatable bonds is 9. The Balaban J connectivity index is 2.03.